The Morgan fingerprint density at radius 3 is 2.74 bits per heavy atom. The van der Waals surface area contributed by atoms with Crippen molar-refractivity contribution in [2.75, 3.05) is 25.5 Å². The lowest BCUT2D eigenvalue weighted by molar-refractivity contribution is -0.116. The van der Waals surface area contributed by atoms with Crippen LogP contribution in [0.2, 0.25) is 0 Å². The second-order valence-corrected chi connectivity index (χ2v) is 7.23. The molecule has 3 N–H and O–H groups in total. The number of benzene rings is 1. The van der Waals surface area contributed by atoms with E-state index in [1.54, 1.807) is 7.05 Å². The average Bonchev–Trinajstić information content (AvgIpc) is 2.62. The van der Waals surface area contributed by atoms with Gasteiger partial charge in [-0.3, -0.25) is 9.79 Å². The number of fused-ring (bicyclic) bond motifs is 1. The second-order valence-electron chi connectivity index (χ2n) is 7.23. The van der Waals surface area contributed by atoms with Crippen LogP contribution in [0, 0.1) is 5.92 Å². The van der Waals surface area contributed by atoms with Gasteiger partial charge in [0.05, 0.1) is 6.54 Å². The Labute approximate surface area is 179 Å². The van der Waals surface area contributed by atoms with Crippen LogP contribution in [0.15, 0.2) is 23.2 Å². The SMILES string of the molecule is CN=C(NCCOc1ccc2c(c1)CCC(=O)N2)NC(C)CCC(C)C.I. The monoisotopic (exact) mass is 488 g/mol. The van der Waals surface area contributed by atoms with Gasteiger partial charge in [-0.2, -0.15) is 0 Å². The summed E-state index contributed by atoms with van der Waals surface area (Å²) in [6.07, 6.45) is 3.63. The number of ether oxygens (including phenoxy) is 1. The fraction of sp³-hybridized carbons (Fsp3) is 0.600. The highest BCUT2D eigenvalue weighted by atomic mass is 127. The van der Waals surface area contributed by atoms with E-state index in [2.05, 4.69) is 41.7 Å². The van der Waals surface area contributed by atoms with E-state index < -0.39 is 0 Å². The molecule has 0 saturated heterocycles. The molecule has 1 aliphatic heterocycles. The zero-order valence-corrected chi connectivity index (χ0v) is 19.1. The molecule has 1 aromatic carbocycles. The molecule has 27 heavy (non-hydrogen) atoms. The molecule has 2 rings (SSSR count). The van der Waals surface area contributed by atoms with E-state index in [1.165, 1.54) is 6.42 Å². The summed E-state index contributed by atoms with van der Waals surface area (Å²) < 4.78 is 5.82. The molecule has 0 fully saturated rings. The molecule has 0 saturated carbocycles. The van der Waals surface area contributed by atoms with Gasteiger partial charge in [0.25, 0.3) is 0 Å². The standard InChI is InChI=1S/C20H32N4O2.HI/c1-14(2)5-6-15(3)23-20(21-4)22-11-12-26-17-8-9-18-16(13-17)7-10-19(25)24-18;/h8-9,13-15H,5-7,10-12H2,1-4H3,(H,24,25)(H2,21,22,23);1H. The van der Waals surface area contributed by atoms with Gasteiger partial charge in [-0.25, -0.2) is 0 Å². The third-order valence-electron chi connectivity index (χ3n) is 4.42. The highest BCUT2D eigenvalue weighted by molar-refractivity contribution is 14.0. The van der Waals surface area contributed by atoms with E-state index >= 15 is 0 Å². The van der Waals surface area contributed by atoms with Crippen LogP contribution >= 0.6 is 24.0 Å². The summed E-state index contributed by atoms with van der Waals surface area (Å²) in [5.74, 6) is 2.43. The summed E-state index contributed by atoms with van der Waals surface area (Å²) in [6, 6.07) is 6.20. The number of carbonyl (C=O) groups excluding carboxylic acids is 1. The lowest BCUT2D eigenvalue weighted by Gasteiger charge is -2.19. The van der Waals surface area contributed by atoms with Crippen molar-refractivity contribution in [3.63, 3.8) is 0 Å². The lowest BCUT2D eigenvalue weighted by Crippen LogP contribution is -2.43. The van der Waals surface area contributed by atoms with E-state index in [-0.39, 0.29) is 29.9 Å². The van der Waals surface area contributed by atoms with Gasteiger partial charge in [0.2, 0.25) is 5.91 Å². The largest absolute Gasteiger partial charge is 0.492 e. The number of rotatable bonds is 8. The van der Waals surface area contributed by atoms with Crippen molar-refractivity contribution in [3.8, 4) is 5.75 Å². The maximum Gasteiger partial charge on any atom is 0.224 e. The molecule has 7 heteroatoms. The molecule has 0 spiro atoms. The number of amides is 1. The van der Waals surface area contributed by atoms with Gasteiger partial charge >= 0.3 is 0 Å². The van der Waals surface area contributed by atoms with Crippen LogP contribution in [0.4, 0.5) is 5.69 Å². The number of guanidine groups is 1. The second kappa shape index (κ2) is 12.0. The molecule has 1 aromatic rings. The Bertz CT molecular complexity index is 634. The fourth-order valence-electron chi connectivity index (χ4n) is 2.87. The molecule has 1 heterocycles. The molecule has 1 amide bonds. The van der Waals surface area contributed by atoms with Crippen molar-refractivity contribution in [2.24, 2.45) is 10.9 Å². The van der Waals surface area contributed by atoms with Crippen molar-refractivity contribution in [2.45, 2.75) is 52.5 Å². The number of aryl methyl sites for hydroxylation is 1. The topological polar surface area (TPSA) is 74.8 Å². The van der Waals surface area contributed by atoms with Gasteiger partial charge in [-0.05, 0) is 55.9 Å². The van der Waals surface area contributed by atoms with Gasteiger partial charge < -0.3 is 20.7 Å². The van der Waals surface area contributed by atoms with E-state index in [0.717, 1.165) is 35.8 Å². The fourth-order valence-corrected chi connectivity index (χ4v) is 2.87. The first-order valence-electron chi connectivity index (χ1n) is 9.50. The van der Waals surface area contributed by atoms with Crippen LogP contribution in [0.25, 0.3) is 0 Å². The van der Waals surface area contributed by atoms with E-state index in [1.807, 2.05) is 18.2 Å². The third-order valence-corrected chi connectivity index (χ3v) is 4.42. The lowest BCUT2D eigenvalue weighted by atomic mass is 10.0. The molecule has 1 aliphatic rings. The van der Waals surface area contributed by atoms with Crippen LogP contribution < -0.4 is 20.7 Å². The summed E-state index contributed by atoms with van der Waals surface area (Å²) in [7, 11) is 1.78. The van der Waals surface area contributed by atoms with Gasteiger partial charge in [0, 0.05) is 25.2 Å². The summed E-state index contributed by atoms with van der Waals surface area (Å²) in [5.41, 5.74) is 2.03. The van der Waals surface area contributed by atoms with Crippen LogP contribution in [-0.4, -0.2) is 38.1 Å². The zero-order valence-electron chi connectivity index (χ0n) is 16.8. The summed E-state index contributed by atoms with van der Waals surface area (Å²) in [6.45, 7) is 7.88. The number of hydrogen-bond donors (Lipinski definition) is 3. The number of carbonyl (C=O) groups is 1. The number of hydrogen-bond acceptors (Lipinski definition) is 3. The Morgan fingerprint density at radius 2 is 2.04 bits per heavy atom. The van der Waals surface area contributed by atoms with Crippen LogP contribution in [0.5, 0.6) is 5.75 Å². The van der Waals surface area contributed by atoms with Crippen LogP contribution in [-0.2, 0) is 11.2 Å². The molecule has 0 aromatic heterocycles. The minimum atomic E-state index is 0. The van der Waals surface area contributed by atoms with Crippen molar-refractivity contribution < 1.29 is 9.53 Å². The minimum absolute atomic E-state index is 0. The first kappa shape index (κ1) is 23.5. The van der Waals surface area contributed by atoms with E-state index in [9.17, 15) is 4.79 Å². The van der Waals surface area contributed by atoms with Crippen LogP contribution in [0.3, 0.4) is 0 Å². The number of aliphatic imine (C=N–C) groups is 1. The summed E-state index contributed by atoms with van der Waals surface area (Å²) in [5, 5.41) is 9.57. The molecule has 0 aliphatic carbocycles. The Kier molecular flexibility index (Phi) is 10.5. The molecular weight excluding hydrogens is 455 g/mol. The third kappa shape index (κ3) is 8.36. The number of nitrogens with zero attached hydrogens (tertiary/aromatic N) is 1. The predicted octanol–water partition coefficient (Wildman–Crippen LogP) is 3.56. The normalized spacial score (nSPS) is 14.7. The highest BCUT2D eigenvalue weighted by Gasteiger charge is 2.15. The number of halogens is 1. The number of anilines is 1. The predicted molar refractivity (Wildman–Crippen MR) is 122 cm³/mol. The molecule has 0 bridgehead atoms. The van der Waals surface area contributed by atoms with Gasteiger partial charge in [-0.1, -0.05) is 13.8 Å². The Morgan fingerprint density at radius 1 is 1.26 bits per heavy atom. The molecule has 6 nitrogen and oxygen atoms in total. The maximum atomic E-state index is 11.4. The highest BCUT2D eigenvalue weighted by Crippen LogP contribution is 2.26. The number of nitrogens with one attached hydrogen (secondary N) is 3. The van der Waals surface area contributed by atoms with E-state index in [4.69, 9.17) is 4.74 Å². The van der Waals surface area contributed by atoms with Crippen molar-refractivity contribution in [1.82, 2.24) is 10.6 Å². The molecule has 0 radical (unpaired) electrons. The average molecular weight is 488 g/mol. The molecule has 152 valence electrons. The van der Waals surface area contributed by atoms with Crippen molar-refractivity contribution in [3.05, 3.63) is 23.8 Å². The first-order valence-corrected chi connectivity index (χ1v) is 9.50. The minimum Gasteiger partial charge on any atom is -0.492 e. The maximum absolute atomic E-state index is 11.4. The van der Waals surface area contributed by atoms with Gasteiger partial charge in [0.15, 0.2) is 5.96 Å². The molecule has 1 unspecified atom stereocenters. The van der Waals surface area contributed by atoms with Crippen LogP contribution in [0.1, 0.15) is 45.6 Å². The smallest absolute Gasteiger partial charge is 0.224 e. The first-order chi connectivity index (χ1) is 12.5. The quantitative estimate of drug-likeness (QED) is 0.227. The van der Waals surface area contributed by atoms with Crippen molar-refractivity contribution >= 4 is 41.5 Å². The van der Waals surface area contributed by atoms with E-state index in [0.29, 0.717) is 31.5 Å². The Hall–Kier alpha value is -1.51. The van der Waals surface area contributed by atoms with Gasteiger partial charge in [-0.15, -0.1) is 24.0 Å². The Balaban J connectivity index is 0.00000364. The van der Waals surface area contributed by atoms with Crippen molar-refractivity contribution in [1.29, 1.82) is 0 Å². The van der Waals surface area contributed by atoms with Gasteiger partial charge in [0.1, 0.15) is 12.4 Å². The molecule has 1 atom stereocenters. The zero-order chi connectivity index (χ0) is 18.9. The molecular formula is C20H33IN4O2. The summed E-state index contributed by atoms with van der Waals surface area (Å²) >= 11 is 0. The summed E-state index contributed by atoms with van der Waals surface area (Å²) in [4.78, 5) is 15.7.